The number of hydrogen-bond donors (Lipinski definition) is 0. The molecule has 1 aliphatic carbocycles. The molecule has 0 bridgehead atoms. The van der Waals surface area contributed by atoms with Crippen molar-refractivity contribution in [1.82, 2.24) is 0 Å². The average Bonchev–Trinajstić information content (AvgIpc) is 3.55. The third-order valence-electron chi connectivity index (χ3n) is 7.71. The van der Waals surface area contributed by atoms with E-state index in [0.717, 1.165) is 12.8 Å². The molecule has 0 aromatic rings. The molecular weight excluding hydrogens is 472 g/mol. The standard InChI is InChI=1S/C25H44O9Si/c1-14(2)25(7,8)35(9,10)34-24-23(30-15(3)19-11-12-19)22(32-18(6)28)21(31-17(5)27)20(33-24)13-29-16(4)26/h14-15,19-24H,11-13H2,1-10H3/t15?,20-,21-,22+,23-,24+/m1/s1. The second-order valence-electron chi connectivity index (χ2n) is 11.1. The Morgan fingerprint density at radius 3 is 1.91 bits per heavy atom. The van der Waals surface area contributed by atoms with Gasteiger partial charge in [0.05, 0.1) is 6.10 Å². The normalized spacial score (nSPS) is 28.4. The highest BCUT2D eigenvalue weighted by Crippen LogP contribution is 2.46. The zero-order valence-electron chi connectivity index (χ0n) is 22.9. The Kier molecular flexibility index (Phi) is 9.94. The van der Waals surface area contributed by atoms with Crippen LogP contribution in [0.15, 0.2) is 0 Å². The molecule has 9 nitrogen and oxygen atoms in total. The maximum absolute atomic E-state index is 12.2. The molecule has 1 heterocycles. The monoisotopic (exact) mass is 516 g/mol. The van der Waals surface area contributed by atoms with Gasteiger partial charge in [-0.15, -0.1) is 0 Å². The number of esters is 3. The Hall–Kier alpha value is -1.49. The Bertz CT molecular complexity index is 762. The van der Waals surface area contributed by atoms with Crippen LogP contribution >= 0.6 is 0 Å². The summed E-state index contributed by atoms with van der Waals surface area (Å²) in [5.74, 6) is -0.893. The molecule has 0 radical (unpaired) electrons. The molecule has 6 atom stereocenters. The van der Waals surface area contributed by atoms with E-state index in [9.17, 15) is 14.4 Å². The Balaban J connectivity index is 2.49. The van der Waals surface area contributed by atoms with Crippen LogP contribution in [0, 0.1) is 11.8 Å². The lowest BCUT2D eigenvalue weighted by atomic mass is 9.98. The van der Waals surface area contributed by atoms with Gasteiger partial charge in [0.25, 0.3) is 0 Å². The van der Waals surface area contributed by atoms with E-state index in [-0.39, 0.29) is 17.7 Å². The summed E-state index contributed by atoms with van der Waals surface area (Å²) in [6, 6.07) is 0. The van der Waals surface area contributed by atoms with E-state index in [2.05, 4.69) is 40.8 Å². The molecule has 0 amide bonds. The van der Waals surface area contributed by atoms with Crippen LogP contribution in [0.5, 0.6) is 0 Å². The van der Waals surface area contributed by atoms with Crippen molar-refractivity contribution in [2.45, 2.75) is 123 Å². The van der Waals surface area contributed by atoms with Gasteiger partial charge in [0.2, 0.25) is 0 Å². The number of ether oxygens (including phenoxy) is 5. The Morgan fingerprint density at radius 1 is 0.914 bits per heavy atom. The minimum atomic E-state index is -2.44. The predicted octanol–water partition coefficient (Wildman–Crippen LogP) is 3.98. The molecular formula is C25H44O9Si. The third-order valence-corrected chi connectivity index (χ3v) is 12.2. The quantitative estimate of drug-likeness (QED) is 0.229. The first-order valence-electron chi connectivity index (χ1n) is 12.5. The molecule has 2 rings (SSSR count). The van der Waals surface area contributed by atoms with Crippen LogP contribution in [0.25, 0.3) is 0 Å². The average molecular weight is 517 g/mol. The minimum absolute atomic E-state index is 0.126. The van der Waals surface area contributed by atoms with E-state index in [4.69, 9.17) is 28.1 Å². The Labute approximate surface area is 210 Å². The second kappa shape index (κ2) is 11.7. The summed E-state index contributed by atoms with van der Waals surface area (Å²) in [4.78, 5) is 35.7. The maximum atomic E-state index is 12.2. The molecule has 202 valence electrons. The summed E-state index contributed by atoms with van der Waals surface area (Å²) in [5, 5.41) is -0.127. The molecule has 35 heavy (non-hydrogen) atoms. The molecule has 0 aromatic carbocycles. The fraction of sp³-hybridized carbons (Fsp3) is 0.880. The van der Waals surface area contributed by atoms with Crippen LogP contribution in [-0.4, -0.2) is 69.6 Å². The van der Waals surface area contributed by atoms with E-state index >= 15 is 0 Å². The zero-order chi connectivity index (χ0) is 26.7. The van der Waals surface area contributed by atoms with E-state index in [1.54, 1.807) is 0 Å². The van der Waals surface area contributed by atoms with Gasteiger partial charge in [0.15, 0.2) is 26.8 Å². The lowest BCUT2D eigenvalue weighted by Crippen LogP contribution is -2.65. The molecule has 1 saturated heterocycles. The van der Waals surface area contributed by atoms with Crippen LogP contribution in [0.2, 0.25) is 18.1 Å². The van der Waals surface area contributed by atoms with Crippen LogP contribution in [0.3, 0.4) is 0 Å². The van der Waals surface area contributed by atoms with Crippen molar-refractivity contribution in [3.05, 3.63) is 0 Å². The number of rotatable bonds is 11. The lowest BCUT2D eigenvalue weighted by Gasteiger charge is -2.50. The van der Waals surface area contributed by atoms with Gasteiger partial charge >= 0.3 is 17.9 Å². The molecule has 2 fully saturated rings. The van der Waals surface area contributed by atoms with Crippen LogP contribution < -0.4 is 0 Å². The van der Waals surface area contributed by atoms with Gasteiger partial charge in [-0.3, -0.25) is 14.4 Å². The topological polar surface area (TPSA) is 107 Å². The summed E-state index contributed by atoms with van der Waals surface area (Å²) in [5.41, 5.74) is 0. The zero-order valence-corrected chi connectivity index (χ0v) is 23.9. The van der Waals surface area contributed by atoms with Gasteiger partial charge in [0.1, 0.15) is 18.8 Å². The van der Waals surface area contributed by atoms with Crippen LogP contribution in [0.1, 0.15) is 68.2 Å². The second-order valence-corrected chi connectivity index (χ2v) is 15.7. The molecule has 2 aliphatic rings. The van der Waals surface area contributed by atoms with Crippen molar-refractivity contribution in [3.63, 3.8) is 0 Å². The van der Waals surface area contributed by atoms with Gasteiger partial charge < -0.3 is 28.1 Å². The fourth-order valence-electron chi connectivity index (χ4n) is 4.17. The molecule has 1 aliphatic heterocycles. The van der Waals surface area contributed by atoms with Crippen LogP contribution in [0.4, 0.5) is 0 Å². The summed E-state index contributed by atoms with van der Waals surface area (Å²) in [6.45, 7) is 18.5. The van der Waals surface area contributed by atoms with E-state index < -0.39 is 56.9 Å². The summed E-state index contributed by atoms with van der Waals surface area (Å²) in [6.07, 6.45) is -2.68. The number of carbonyl (C=O) groups is 3. The van der Waals surface area contributed by atoms with Crippen molar-refractivity contribution < 1.29 is 42.5 Å². The van der Waals surface area contributed by atoms with E-state index in [1.165, 1.54) is 20.8 Å². The molecule has 1 saturated carbocycles. The minimum Gasteiger partial charge on any atom is -0.463 e. The SMILES string of the molecule is CC(=O)OC[C@H]1O[C@@H](O[Si](C)(C)C(C)(C)C(C)C)[C@H](OC(C)C2CC2)[C@@H](OC(C)=O)[C@@H]1OC(C)=O. The highest BCUT2D eigenvalue weighted by molar-refractivity contribution is 6.74. The van der Waals surface area contributed by atoms with E-state index in [0.29, 0.717) is 11.8 Å². The van der Waals surface area contributed by atoms with Gasteiger partial charge in [-0.05, 0) is 49.7 Å². The Morgan fingerprint density at radius 2 is 1.46 bits per heavy atom. The maximum Gasteiger partial charge on any atom is 0.303 e. The van der Waals surface area contributed by atoms with Gasteiger partial charge in [-0.2, -0.15) is 0 Å². The molecule has 1 unspecified atom stereocenters. The highest BCUT2D eigenvalue weighted by Gasteiger charge is 2.55. The summed E-state index contributed by atoms with van der Waals surface area (Å²) < 4.78 is 36.0. The van der Waals surface area contributed by atoms with Crippen molar-refractivity contribution in [1.29, 1.82) is 0 Å². The largest absolute Gasteiger partial charge is 0.463 e. The first-order chi connectivity index (χ1) is 16.1. The van der Waals surface area contributed by atoms with Crippen molar-refractivity contribution in [2.24, 2.45) is 11.8 Å². The highest BCUT2D eigenvalue weighted by atomic mass is 28.4. The number of carbonyl (C=O) groups excluding carboxylic acids is 3. The van der Waals surface area contributed by atoms with Gasteiger partial charge in [0, 0.05) is 20.8 Å². The lowest BCUT2D eigenvalue weighted by molar-refractivity contribution is -0.303. The molecule has 0 spiro atoms. The fourth-order valence-corrected chi connectivity index (χ4v) is 6.64. The first-order valence-corrected chi connectivity index (χ1v) is 15.4. The van der Waals surface area contributed by atoms with Crippen molar-refractivity contribution in [2.75, 3.05) is 6.61 Å². The first kappa shape index (κ1) is 29.7. The smallest absolute Gasteiger partial charge is 0.303 e. The summed E-state index contributed by atoms with van der Waals surface area (Å²) >= 11 is 0. The molecule has 0 N–H and O–H groups in total. The third kappa shape index (κ3) is 7.74. The van der Waals surface area contributed by atoms with Gasteiger partial charge in [-0.1, -0.05) is 27.7 Å². The van der Waals surface area contributed by atoms with Crippen LogP contribution in [-0.2, 0) is 42.5 Å². The van der Waals surface area contributed by atoms with Gasteiger partial charge in [-0.25, -0.2) is 0 Å². The number of hydrogen-bond acceptors (Lipinski definition) is 9. The van der Waals surface area contributed by atoms with Crippen molar-refractivity contribution in [3.8, 4) is 0 Å². The predicted molar refractivity (Wildman–Crippen MR) is 131 cm³/mol. The molecule has 0 aromatic heterocycles. The molecule has 10 heteroatoms. The van der Waals surface area contributed by atoms with E-state index in [1.807, 2.05) is 6.92 Å². The summed E-state index contributed by atoms with van der Waals surface area (Å²) in [7, 11) is -2.44. The van der Waals surface area contributed by atoms with Crippen molar-refractivity contribution >= 4 is 26.2 Å².